The Morgan fingerprint density at radius 2 is 1.95 bits per heavy atom. The molecule has 2 atom stereocenters. The van der Waals surface area contributed by atoms with Crippen molar-refractivity contribution in [2.75, 3.05) is 7.05 Å². The molecule has 0 bridgehead atoms. The van der Waals surface area contributed by atoms with Crippen molar-refractivity contribution >= 4 is 15.9 Å². The van der Waals surface area contributed by atoms with E-state index in [-0.39, 0.29) is 11.6 Å². The van der Waals surface area contributed by atoms with E-state index in [2.05, 4.69) is 21.2 Å². The first kappa shape index (κ1) is 14.5. The van der Waals surface area contributed by atoms with Gasteiger partial charge in [0, 0.05) is 28.1 Å². The van der Waals surface area contributed by atoms with Crippen LogP contribution in [-0.4, -0.2) is 7.05 Å². The Hall–Kier alpha value is -1.46. The predicted octanol–water partition coefficient (Wildman–Crippen LogP) is 4.51. The van der Waals surface area contributed by atoms with Gasteiger partial charge < -0.3 is 10.1 Å². The van der Waals surface area contributed by atoms with E-state index in [4.69, 9.17) is 4.74 Å². The largest absolute Gasteiger partial charge is 0.485 e. The summed E-state index contributed by atoms with van der Waals surface area (Å²) in [6, 6.07) is 9.25. The van der Waals surface area contributed by atoms with Gasteiger partial charge in [-0.1, -0.05) is 22.0 Å². The topological polar surface area (TPSA) is 21.3 Å². The number of nitrogens with one attached hydrogen (secondary N) is 1. The lowest BCUT2D eigenvalue weighted by atomic mass is 9.93. The highest BCUT2D eigenvalue weighted by Crippen LogP contribution is 2.42. The lowest BCUT2D eigenvalue weighted by Crippen LogP contribution is -2.27. The molecule has 1 N–H and O–H groups in total. The summed E-state index contributed by atoms with van der Waals surface area (Å²) in [6.45, 7) is 0. The van der Waals surface area contributed by atoms with Crippen molar-refractivity contribution in [3.63, 3.8) is 0 Å². The SMILES string of the molecule is CNC1CC(c2cc(F)ccc2F)Oc2cc(Br)ccc21. The second kappa shape index (κ2) is 5.73. The zero-order chi connectivity index (χ0) is 15.0. The van der Waals surface area contributed by atoms with Crippen LogP contribution in [0.5, 0.6) is 5.75 Å². The first-order chi connectivity index (χ1) is 10.1. The minimum Gasteiger partial charge on any atom is -0.485 e. The van der Waals surface area contributed by atoms with E-state index in [0.29, 0.717) is 12.2 Å². The fourth-order valence-electron chi connectivity index (χ4n) is 2.67. The van der Waals surface area contributed by atoms with Crippen molar-refractivity contribution in [3.8, 4) is 5.75 Å². The number of rotatable bonds is 2. The molecule has 0 aliphatic carbocycles. The molecular formula is C16H14BrF2NO. The zero-order valence-electron chi connectivity index (χ0n) is 11.4. The highest BCUT2D eigenvalue weighted by Gasteiger charge is 2.30. The van der Waals surface area contributed by atoms with Gasteiger partial charge in [0.2, 0.25) is 0 Å². The molecule has 110 valence electrons. The fourth-order valence-corrected chi connectivity index (χ4v) is 3.01. The summed E-state index contributed by atoms with van der Waals surface area (Å²) < 4.78 is 34.1. The molecule has 0 radical (unpaired) electrons. The van der Waals surface area contributed by atoms with Gasteiger partial charge in [0.05, 0.1) is 0 Å². The van der Waals surface area contributed by atoms with Crippen LogP contribution in [0.4, 0.5) is 8.78 Å². The van der Waals surface area contributed by atoms with Crippen molar-refractivity contribution in [2.45, 2.75) is 18.6 Å². The van der Waals surface area contributed by atoms with Gasteiger partial charge in [0.25, 0.3) is 0 Å². The number of hydrogen-bond acceptors (Lipinski definition) is 2. The molecule has 2 unspecified atom stereocenters. The third kappa shape index (κ3) is 2.80. The van der Waals surface area contributed by atoms with E-state index >= 15 is 0 Å². The van der Waals surface area contributed by atoms with E-state index in [0.717, 1.165) is 22.2 Å². The minimum atomic E-state index is -0.514. The molecule has 2 nitrogen and oxygen atoms in total. The van der Waals surface area contributed by atoms with Crippen molar-refractivity contribution in [3.05, 3.63) is 63.6 Å². The summed E-state index contributed by atoms with van der Waals surface area (Å²) in [5.74, 6) is -0.227. The summed E-state index contributed by atoms with van der Waals surface area (Å²) in [5.41, 5.74) is 1.27. The van der Waals surface area contributed by atoms with Crippen LogP contribution in [0.1, 0.15) is 29.7 Å². The Balaban J connectivity index is 2.01. The van der Waals surface area contributed by atoms with Gasteiger partial charge in [-0.25, -0.2) is 8.78 Å². The minimum absolute atomic E-state index is 0.0366. The van der Waals surface area contributed by atoms with Crippen LogP contribution in [0.15, 0.2) is 40.9 Å². The molecule has 21 heavy (non-hydrogen) atoms. The Kier molecular flexibility index (Phi) is 3.95. The maximum absolute atomic E-state index is 14.0. The summed E-state index contributed by atoms with van der Waals surface area (Å²) in [7, 11) is 1.85. The molecule has 0 saturated heterocycles. The van der Waals surface area contributed by atoms with E-state index in [1.54, 1.807) is 0 Å². The lowest BCUT2D eigenvalue weighted by Gasteiger charge is -2.32. The van der Waals surface area contributed by atoms with Crippen LogP contribution in [0.2, 0.25) is 0 Å². The number of benzene rings is 2. The third-order valence-corrected chi connectivity index (χ3v) is 4.22. The lowest BCUT2D eigenvalue weighted by molar-refractivity contribution is 0.149. The number of hydrogen-bond donors (Lipinski definition) is 1. The molecular weight excluding hydrogens is 340 g/mol. The molecule has 2 aromatic carbocycles. The van der Waals surface area contributed by atoms with Crippen molar-refractivity contribution in [1.82, 2.24) is 5.32 Å². The Morgan fingerprint density at radius 1 is 1.14 bits per heavy atom. The number of fused-ring (bicyclic) bond motifs is 1. The highest BCUT2D eigenvalue weighted by atomic mass is 79.9. The third-order valence-electron chi connectivity index (χ3n) is 3.72. The van der Waals surface area contributed by atoms with E-state index in [1.165, 1.54) is 6.07 Å². The standard InChI is InChI=1S/C16H14BrF2NO/c1-20-14-8-16(12-7-10(18)3-5-13(12)19)21-15-6-9(17)2-4-11(14)15/h2-7,14,16,20H,8H2,1H3. The Labute approximate surface area is 130 Å². The van der Waals surface area contributed by atoms with Crippen LogP contribution >= 0.6 is 15.9 Å². The van der Waals surface area contributed by atoms with Crippen LogP contribution < -0.4 is 10.1 Å². The Bertz CT molecular complexity index is 677. The normalized spacial score (nSPS) is 20.8. The van der Waals surface area contributed by atoms with Gasteiger partial charge in [-0.2, -0.15) is 0 Å². The molecule has 0 saturated carbocycles. The van der Waals surface area contributed by atoms with Crippen LogP contribution in [0.3, 0.4) is 0 Å². The second-order valence-electron chi connectivity index (χ2n) is 5.03. The molecule has 2 aromatic rings. The second-order valence-corrected chi connectivity index (χ2v) is 5.95. The van der Waals surface area contributed by atoms with E-state index in [1.807, 2.05) is 25.2 Å². The zero-order valence-corrected chi connectivity index (χ0v) is 13.0. The van der Waals surface area contributed by atoms with Gasteiger partial charge >= 0.3 is 0 Å². The maximum atomic E-state index is 14.0. The van der Waals surface area contributed by atoms with Crippen LogP contribution in [0.25, 0.3) is 0 Å². The number of halogens is 3. The smallest absolute Gasteiger partial charge is 0.130 e. The molecule has 0 amide bonds. The van der Waals surface area contributed by atoms with Gasteiger partial charge in [-0.05, 0) is 37.4 Å². The van der Waals surface area contributed by atoms with Crippen molar-refractivity contribution in [2.24, 2.45) is 0 Å². The summed E-state index contributed by atoms with van der Waals surface area (Å²) in [5, 5.41) is 3.20. The van der Waals surface area contributed by atoms with Gasteiger partial charge in [0.15, 0.2) is 0 Å². The molecule has 1 heterocycles. The van der Waals surface area contributed by atoms with Crippen molar-refractivity contribution < 1.29 is 13.5 Å². The molecule has 1 aliphatic rings. The predicted molar refractivity (Wildman–Crippen MR) is 80.3 cm³/mol. The first-order valence-electron chi connectivity index (χ1n) is 6.67. The Morgan fingerprint density at radius 3 is 2.71 bits per heavy atom. The molecule has 5 heteroatoms. The molecule has 1 aliphatic heterocycles. The average molecular weight is 354 g/mol. The molecule has 0 fully saturated rings. The maximum Gasteiger partial charge on any atom is 0.130 e. The average Bonchev–Trinajstić information content (AvgIpc) is 2.48. The monoisotopic (exact) mass is 353 g/mol. The van der Waals surface area contributed by atoms with E-state index in [9.17, 15) is 8.78 Å². The van der Waals surface area contributed by atoms with Gasteiger partial charge in [-0.3, -0.25) is 0 Å². The first-order valence-corrected chi connectivity index (χ1v) is 7.46. The van der Waals surface area contributed by atoms with Crippen LogP contribution in [0, 0.1) is 11.6 Å². The molecule has 0 spiro atoms. The summed E-state index contributed by atoms with van der Waals surface area (Å²) in [6.07, 6.45) is 0.0332. The van der Waals surface area contributed by atoms with Crippen molar-refractivity contribution in [1.29, 1.82) is 0 Å². The summed E-state index contributed by atoms with van der Waals surface area (Å²) >= 11 is 3.40. The highest BCUT2D eigenvalue weighted by molar-refractivity contribution is 9.10. The number of ether oxygens (including phenoxy) is 1. The fraction of sp³-hybridized carbons (Fsp3) is 0.250. The summed E-state index contributed by atoms with van der Waals surface area (Å²) in [4.78, 5) is 0. The molecule has 0 aromatic heterocycles. The van der Waals surface area contributed by atoms with E-state index < -0.39 is 17.7 Å². The van der Waals surface area contributed by atoms with Gasteiger partial charge in [0.1, 0.15) is 23.5 Å². The van der Waals surface area contributed by atoms with Gasteiger partial charge in [-0.15, -0.1) is 0 Å². The van der Waals surface area contributed by atoms with Crippen LogP contribution in [-0.2, 0) is 0 Å². The molecule has 3 rings (SSSR count). The quantitative estimate of drug-likeness (QED) is 0.857.